The quantitative estimate of drug-likeness (QED) is 0.810. The Labute approximate surface area is 123 Å². The average molecular weight is 304 g/mol. The summed E-state index contributed by atoms with van der Waals surface area (Å²) in [7, 11) is 0. The van der Waals surface area contributed by atoms with Gasteiger partial charge in [-0.3, -0.25) is 9.69 Å². The molecule has 0 radical (unpaired) electrons. The monoisotopic (exact) mass is 304 g/mol. The first-order valence-corrected chi connectivity index (χ1v) is 7.66. The maximum atomic E-state index is 12.3. The second kappa shape index (κ2) is 7.29. The van der Waals surface area contributed by atoms with E-state index < -0.39 is 12.7 Å². The van der Waals surface area contributed by atoms with Crippen LogP contribution in [-0.2, 0) is 4.79 Å². The van der Waals surface area contributed by atoms with Gasteiger partial charge in [0.15, 0.2) is 0 Å². The molecule has 1 heterocycles. The van der Waals surface area contributed by atoms with Gasteiger partial charge in [-0.15, -0.1) is 0 Å². The molecule has 2 rings (SSSR count). The summed E-state index contributed by atoms with van der Waals surface area (Å²) in [5, 5.41) is 2.97. The van der Waals surface area contributed by atoms with Gasteiger partial charge in [0.05, 0.1) is 6.54 Å². The second-order valence-corrected chi connectivity index (χ2v) is 6.06. The fraction of sp³-hybridized carbons (Fsp3) is 0.800. The Hall–Kier alpha value is -1.04. The van der Waals surface area contributed by atoms with Crippen LogP contribution in [0.1, 0.15) is 32.1 Å². The number of carbonyl (C=O) groups is 1. The van der Waals surface area contributed by atoms with E-state index in [1.165, 1.54) is 4.90 Å². The molecule has 21 heavy (non-hydrogen) atoms. The molecule has 0 bridgehead atoms. The Morgan fingerprint density at radius 3 is 2.48 bits per heavy atom. The number of rotatable bonds is 4. The standard InChI is InChI=1S/C15H23F3N2O/c16-15(17,18)11-20-8-6-12(7-9-20)10-19-14(21)13-4-2-1-3-5-13/h1-2,12-13H,3-11H2,(H,19,21). The third-order valence-electron chi connectivity index (χ3n) is 4.31. The Morgan fingerprint density at radius 2 is 1.90 bits per heavy atom. The van der Waals surface area contributed by atoms with Gasteiger partial charge in [0.25, 0.3) is 0 Å². The van der Waals surface area contributed by atoms with Gasteiger partial charge < -0.3 is 5.32 Å². The second-order valence-electron chi connectivity index (χ2n) is 6.06. The predicted octanol–water partition coefficient (Wildman–Crippen LogP) is 2.73. The van der Waals surface area contributed by atoms with Crippen LogP contribution in [0.5, 0.6) is 0 Å². The summed E-state index contributed by atoms with van der Waals surface area (Å²) in [6.07, 6.45) is 4.12. The van der Waals surface area contributed by atoms with Crippen molar-refractivity contribution in [2.75, 3.05) is 26.2 Å². The number of carbonyl (C=O) groups excluding carboxylic acids is 1. The van der Waals surface area contributed by atoms with Gasteiger partial charge in [-0.25, -0.2) is 0 Å². The Morgan fingerprint density at radius 1 is 1.19 bits per heavy atom. The number of alkyl halides is 3. The lowest BCUT2D eigenvalue weighted by Gasteiger charge is -2.32. The summed E-state index contributed by atoms with van der Waals surface area (Å²) < 4.78 is 36.9. The van der Waals surface area contributed by atoms with Gasteiger partial charge in [0.2, 0.25) is 5.91 Å². The van der Waals surface area contributed by atoms with E-state index in [0.29, 0.717) is 25.6 Å². The summed E-state index contributed by atoms with van der Waals surface area (Å²) in [4.78, 5) is 13.4. The van der Waals surface area contributed by atoms with Gasteiger partial charge in [-0.05, 0) is 51.1 Å². The summed E-state index contributed by atoms with van der Waals surface area (Å²) in [6, 6.07) is 0. The fourth-order valence-corrected chi connectivity index (χ4v) is 3.02. The molecule has 1 atom stereocenters. The van der Waals surface area contributed by atoms with Crippen LogP contribution in [-0.4, -0.2) is 43.2 Å². The van der Waals surface area contributed by atoms with E-state index >= 15 is 0 Å². The highest BCUT2D eigenvalue weighted by atomic mass is 19.4. The number of hydrogen-bond donors (Lipinski definition) is 1. The molecule has 0 aromatic carbocycles. The minimum atomic E-state index is -4.12. The lowest BCUT2D eigenvalue weighted by Crippen LogP contribution is -2.43. The molecule has 1 N–H and O–H groups in total. The van der Waals surface area contributed by atoms with Crippen molar-refractivity contribution in [2.45, 2.75) is 38.3 Å². The maximum Gasteiger partial charge on any atom is 0.401 e. The van der Waals surface area contributed by atoms with E-state index in [4.69, 9.17) is 0 Å². The number of piperidine rings is 1. The number of hydrogen-bond acceptors (Lipinski definition) is 2. The third kappa shape index (κ3) is 5.69. The Bertz CT molecular complexity index is 374. The molecule has 2 aliphatic rings. The number of halogens is 3. The predicted molar refractivity (Wildman–Crippen MR) is 74.7 cm³/mol. The lowest BCUT2D eigenvalue weighted by atomic mass is 9.92. The van der Waals surface area contributed by atoms with E-state index in [0.717, 1.165) is 32.1 Å². The van der Waals surface area contributed by atoms with E-state index in [2.05, 4.69) is 11.4 Å². The molecule has 1 fully saturated rings. The molecule has 120 valence electrons. The van der Waals surface area contributed by atoms with Crippen LogP contribution in [0.25, 0.3) is 0 Å². The van der Waals surface area contributed by atoms with Crippen LogP contribution in [0.4, 0.5) is 13.2 Å². The summed E-state index contributed by atoms with van der Waals surface area (Å²) in [6.45, 7) is 0.706. The number of nitrogens with zero attached hydrogens (tertiary/aromatic N) is 1. The van der Waals surface area contributed by atoms with E-state index in [-0.39, 0.29) is 11.8 Å². The van der Waals surface area contributed by atoms with Gasteiger partial charge >= 0.3 is 6.18 Å². The largest absolute Gasteiger partial charge is 0.401 e. The maximum absolute atomic E-state index is 12.3. The van der Waals surface area contributed by atoms with Gasteiger partial charge in [0, 0.05) is 12.5 Å². The van der Waals surface area contributed by atoms with E-state index in [1.807, 2.05) is 6.08 Å². The van der Waals surface area contributed by atoms with Crippen molar-refractivity contribution in [2.24, 2.45) is 11.8 Å². The van der Waals surface area contributed by atoms with Crippen molar-refractivity contribution < 1.29 is 18.0 Å². The zero-order chi connectivity index (χ0) is 15.3. The topological polar surface area (TPSA) is 32.3 Å². The molecule has 1 amide bonds. The zero-order valence-electron chi connectivity index (χ0n) is 12.2. The van der Waals surface area contributed by atoms with Crippen molar-refractivity contribution in [3.05, 3.63) is 12.2 Å². The average Bonchev–Trinajstić information content (AvgIpc) is 2.45. The van der Waals surface area contributed by atoms with Crippen LogP contribution in [0.3, 0.4) is 0 Å². The molecule has 3 nitrogen and oxygen atoms in total. The number of nitrogens with one attached hydrogen (secondary N) is 1. The van der Waals surface area contributed by atoms with E-state index in [9.17, 15) is 18.0 Å². The summed E-state index contributed by atoms with van der Waals surface area (Å²) in [5.41, 5.74) is 0. The molecule has 1 aliphatic carbocycles. The zero-order valence-corrected chi connectivity index (χ0v) is 12.2. The highest BCUT2D eigenvalue weighted by molar-refractivity contribution is 5.78. The van der Waals surface area contributed by atoms with Crippen LogP contribution in [0.15, 0.2) is 12.2 Å². The number of likely N-dealkylation sites (tertiary alicyclic amines) is 1. The van der Waals surface area contributed by atoms with E-state index in [1.54, 1.807) is 0 Å². The Kier molecular flexibility index (Phi) is 5.67. The van der Waals surface area contributed by atoms with Crippen molar-refractivity contribution in [3.63, 3.8) is 0 Å². The summed E-state index contributed by atoms with van der Waals surface area (Å²) >= 11 is 0. The molecule has 6 heteroatoms. The van der Waals surface area contributed by atoms with Crippen LogP contribution in [0.2, 0.25) is 0 Å². The van der Waals surface area contributed by atoms with Crippen LogP contribution >= 0.6 is 0 Å². The lowest BCUT2D eigenvalue weighted by molar-refractivity contribution is -0.148. The van der Waals surface area contributed by atoms with Crippen molar-refractivity contribution in [1.82, 2.24) is 10.2 Å². The molecule has 0 aromatic heterocycles. The molecule has 0 spiro atoms. The van der Waals surface area contributed by atoms with Crippen LogP contribution < -0.4 is 5.32 Å². The highest BCUT2D eigenvalue weighted by Crippen LogP contribution is 2.23. The van der Waals surface area contributed by atoms with Gasteiger partial charge in [0.1, 0.15) is 0 Å². The number of allylic oxidation sites excluding steroid dienone is 2. The first-order valence-electron chi connectivity index (χ1n) is 7.66. The summed E-state index contributed by atoms with van der Waals surface area (Å²) in [5.74, 6) is 0.468. The molecule has 0 aromatic rings. The molecule has 1 unspecified atom stereocenters. The molecular weight excluding hydrogens is 281 g/mol. The fourth-order valence-electron chi connectivity index (χ4n) is 3.02. The Balaban J connectivity index is 1.64. The molecule has 0 saturated carbocycles. The third-order valence-corrected chi connectivity index (χ3v) is 4.31. The van der Waals surface area contributed by atoms with Gasteiger partial charge in [-0.2, -0.15) is 13.2 Å². The van der Waals surface area contributed by atoms with Gasteiger partial charge in [-0.1, -0.05) is 12.2 Å². The SMILES string of the molecule is O=C(NCC1CCN(CC(F)(F)F)CC1)C1CC=CCC1. The molecular formula is C15H23F3N2O. The minimum Gasteiger partial charge on any atom is -0.356 e. The van der Waals surface area contributed by atoms with Crippen molar-refractivity contribution >= 4 is 5.91 Å². The normalized spacial score (nSPS) is 25.0. The smallest absolute Gasteiger partial charge is 0.356 e. The van der Waals surface area contributed by atoms with Crippen molar-refractivity contribution in [1.29, 1.82) is 0 Å². The first kappa shape index (κ1) is 16.3. The van der Waals surface area contributed by atoms with Crippen molar-refractivity contribution in [3.8, 4) is 0 Å². The number of amides is 1. The minimum absolute atomic E-state index is 0.0697. The first-order chi connectivity index (χ1) is 9.94. The molecule has 1 aliphatic heterocycles. The molecule has 1 saturated heterocycles. The highest BCUT2D eigenvalue weighted by Gasteiger charge is 2.32. The van der Waals surface area contributed by atoms with Crippen LogP contribution in [0, 0.1) is 11.8 Å².